The molecule has 0 aromatic rings. The molecule has 18 heavy (non-hydrogen) atoms. The topological polar surface area (TPSA) is 41.6 Å². The SMILES string of the molecule is CC(C)(C)CC1CNCCN1C(=O)OC(C)(C)C. The summed E-state index contributed by atoms with van der Waals surface area (Å²) >= 11 is 0. The predicted molar refractivity (Wildman–Crippen MR) is 73.7 cm³/mol. The molecule has 1 unspecified atom stereocenters. The van der Waals surface area contributed by atoms with Gasteiger partial charge in [-0.25, -0.2) is 4.79 Å². The maximum absolute atomic E-state index is 12.2. The van der Waals surface area contributed by atoms with Crippen LogP contribution < -0.4 is 5.32 Å². The molecular weight excluding hydrogens is 228 g/mol. The van der Waals surface area contributed by atoms with E-state index in [4.69, 9.17) is 4.74 Å². The Morgan fingerprint density at radius 1 is 1.28 bits per heavy atom. The molecule has 0 aromatic heterocycles. The second-order valence-corrected chi connectivity index (χ2v) is 7.30. The van der Waals surface area contributed by atoms with Crippen molar-refractivity contribution in [1.82, 2.24) is 10.2 Å². The fourth-order valence-corrected chi connectivity index (χ4v) is 2.21. The lowest BCUT2D eigenvalue weighted by Gasteiger charge is -2.39. The van der Waals surface area contributed by atoms with Crippen molar-refractivity contribution in [1.29, 1.82) is 0 Å². The lowest BCUT2D eigenvalue weighted by Crippen LogP contribution is -2.55. The molecule has 1 amide bonds. The van der Waals surface area contributed by atoms with E-state index < -0.39 is 5.60 Å². The molecule has 106 valence electrons. The highest BCUT2D eigenvalue weighted by Gasteiger charge is 2.32. The summed E-state index contributed by atoms with van der Waals surface area (Å²) in [4.78, 5) is 14.1. The summed E-state index contributed by atoms with van der Waals surface area (Å²) in [5.74, 6) is 0. The van der Waals surface area contributed by atoms with Crippen LogP contribution in [0.3, 0.4) is 0 Å². The summed E-state index contributed by atoms with van der Waals surface area (Å²) < 4.78 is 5.48. The number of hydrogen-bond donors (Lipinski definition) is 1. The lowest BCUT2D eigenvalue weighted by atomic mass is 9.87. The Bertz CT molecular complexity index is 289. The first kappa shape index (κ1) is 15.3. The van der Waals surface area contributed by atoms with Crippen LogP contribution in [-0.2, 0) is 4.74 Å². The van der Waals surface area contributed by atoms with Gasteiger partial charge in [0, 0.05) is 25.7 Å². The van der Waals surface area contributed by atoms with Crippen molar-refractivity contribution in [3.05, 3.63) is 0 Å². The minimum Gasteiger partial charge on any atom is -0.444 e. The average Bonchev–Trinajstić information content (AvgIpc) is 2.12. The van der Waals surface area contributed by atoms with Gasteiger partial charge in [-0.3, -0.25) is 0 Å². The van der Waals surface area contributed by atoms with Gasteiger partial charge in [-0.05, 0) is 32.6 Å². The summed E-state index contributed by atoms with van der Waals surface area (Å²) in [5.41, 5.74) is -0.210. The Morgan fingerprint density at radius 2 is 1.89 bits per heavy atom. The molecule has 0 bridgehead atoms. The first-order valence-electron chi connectivity index (χ1n) is 6.79. The molecule has 0 radical (unpaired) electrons. The largest absolute Gasteiger partial charge is 0.444 e. The van der Waals surface area contributed by atoms with E-state index in [0.717, 1.165) is 26.1 Å². The minimum absolute atomic E-state index is 0.182. The van der Waals surface area contributed by atoms with Gasteiger partial charge in [-0.2, -0.15) is 0 Å². The van der Waals surface area contributed by atoms with Crippen LogP contribution in [0.25, 0.3) is 0 Å². The van der Waals surface area contributed by atoms with E-state index in [2.05, 4.69) is 26.1 Å². The number of hydrogen-bond acceptors (Lipinski definition) is 3. The van der Waals surface area contributed by atoms with Crippen LogP contribution in [0.15, 0.2) is 0 Å². The van der Waals surface area contributed by atoms with E-state index in [1.54, 1.807) is 0 Å². The zero-order valence-corrected chi connectivity index (χ0v) is 12.7. The number of carbonyl (C=O) groups is 1. The molecule has 1 heterocycles. The molecule has 1 fully saturated rings. The Balaban J connectivity index is 2.67. The quantitative estimate of drug-likeness (QED) is 0.784. The monoisotopic (exact) mass is 256 g/mol. The highest BCUT2D eigenvalue weighted by molar-refractivity contribution is 5.68. The third-order valence-corrected chi connectivity index (χ3v) is 2.83. The second kappa shape index (κ2) is 5.47. The van der Waals surface area contributed by atoms with Crippen molar-refractivity contribution in [3.63, 3.8) is 0 Å². The fraction of sp³-hybridized carbons (Fsp3) is 0.929. The first-order valence-corrected chi connectivity index (χ1v) is 6.79. The van der Waals surface area contributed by atoms with E-state index >= 15 is 0 Å². The van der Waals surface area contributed by atoms with Gasteiger partial charge in [-0.1, -0.05) is 20.8 Å². The van der Waals surface area contributed by atoms with Gasteiger partial charge in [0.1, 0.15) is 5.60 Å². The van der Waals surface area contributed by atoms with Gasteiger partial charge in [0.05, 0.1) is 0 Å². The van der Waals surface area contributed by atoms with E-state index in [9.17, 15) is 4.79 Å². The average molecular weight is 256 g/mol. The number of piperazine rings is 1. The van der Waals surface area contributed by atoms with E-state index in [-0.39, 0.29) is 17.6 Å². The number of ether oxygens (including phenoxy) is 1. The van der Waals surface area contributed by atoms with Crippen LogP contribution in [-0.4, -0.2) is 42.3 Å². The van der Waals surface area contributed by atoms with Gasteiger partial charge in [0.25, 0.3) is 0 Å². The molecule has 4 nitrogen and oxygen atoms in total. The summed E-state index contributed by atoms with van der Waals surface area (Å²) in [7, 11) is 0. The Morgan fingerprint density at radius 3 is 2.39 bits per heavy atom. The van der Waals surface area contributed by atoms with Crippen LogP contribution in [0.1, 0.15) is 48.0 Å². The summed E-state index contributed by atoms with van der Waals surface area (Å²) in [6.07, 6.45) is 0.803. The molecule has 0 aliphatic carbocycles. The molecule has 1 rings (SSSR count). The van der Waals surface area contributed by atoms with Crippen molar-refractivity contribution in [2.75, 3.05) is 19.6 Å². The van der Waals surface area contributed by atoms with Crippen molar-refractivity contribution in [2.45, 2.75) is 59.6 Å². The standard InChI is InChI=1S/C14H28N2O2/c1-13(2,3)9-11-10-15-7-8-16(11)12(17)18-14(4,5)6/h11,15H,7-10H2,1-6H3. The molecule has 1 N–H and O–H groups in total. The van der Waals surface area contributed by atoms with E-state index in [0.29, 0.717) is 0 Å². The maximum Gasteiger partial charge on any atom is 0.410 e. The Hall–Kier alpha value is -0.770. The van der Waals surface area contributed by atoms with Gasteiger partial charge in [0.15, 0.2) is 0 Å². The van der Waals surface area contributed by atoms with Crippen LogP contribution >= 0.6 is 0 Å². The third kappa shape index (κ3) is 5.25. The maximum atomic E-state index is 12.2. The van der Waals surface area contributed by atoms with Gasteiger partial charge >= 0.3 is 6.09 Å². The Labute approximate surface area is 111 Å². The fourth-order valence-electron chi connectivity index (χ4n) is 2.21. The van der Waals surface area contributed by atoms with Gasteiger partial charge in [0.2, 0.25) is 0 Å². The number of nitrogens with one attached hydrogen (secondary N) is 1. The van der Waals surface area contributed by atoms with Crippen molar-refractivity contribution in [2.24, 2.45) is 5.41 Å². The molecule has 0 saturated carbocycles. The lowest BCUT2D eigenvalue weighted by molar-refractivity contribution is 0.00757. The zero-order valence-electron chi connectivity index (χ0n) is 12.7. The van der Waals surface area contributed by atoms with Crippen molar-refractivity contribution >= 4 is 6.09 Å². The van der Waals surface area contributed by atoms with Crippen molar-refractivity contribution in [3.8, 4) is 0 Å². The van der Waals surface area contributed by atoms with Crippen LogP contribution in [0.2, 0.25) is 0 Å². The molecule has 1 aliphatic heterocycles. The highest BCUT2D eigenvalue weighted by Crippen LogP contribution is 2.25. The number of nitrogens with zero attached hydrogens (tertiary/aromatic N) is 1. The smallest absolute Gasteiger partial charge is 0.410 e. The first-order chi connectivity index (χ1) is 8.08. The predicted octanol–water partition coefficient (Wildman–Crippen LogP) is 2.63. The third-order valence-electron chi connectivity index (χ3n) is 2.83. The van der Waals surface area contributed by atoms with Crippen LogP contribution in [0, 0.1) is 5.41 Å². The summed E-state index contributed by atoms with van der Waals surface area (Å²) in [6.45, 7) is 14.8. The number of carbonyl (C=O) groups excluding carboxylic acids is 1. The molecule has 1 saturated heterocycles. The van der Waals surface area contributed by atoms with E-state index in [1.807, 2.05) is 25.7 Å². The van der Waals surface area contributed by atoms with Crippen molar-refractivity contribution < 1.29 is 9.53 Å². The zero-order chi connectivity index (χ0) is 14.0. The van der Waals surface area contributed by atoms with E-state index in [1.165, 1.54) is 0 Å². The van der Waals surface area contributed by atoms with Crippen LogP contribution in [0.4, 0.5) is 4.79 Å². The minimum atomic E-state index is -0.422. The molecule has 0 aromatic carbocycles. The molecule has 0 spiro atoms. The number of rotatable bonds is 1. The molecular formula is C14H28N2O2. The van der Waals surface area contributed by atoms with Gasteiger partial charge < -0.3 is 15.0 Å². The highest BCUT2D eigenvalue weighted by atomic mass is 16.6. The van der Waals surface area contributed by atoms with Crippen LogP contribution in [0.5, 0.6) is 0 Å². The normalized spacial score (nSPS) is 21.9. The summed E-state index contributed by atoms with van der Waals surface area (Å²) in [5, 5.41) is 3.36. The number of amides is 1. The van der Waals surface area contributed by atoms with Gasteiger partial charge in [-0.15, -0.1) is 0 Å². The Kier molecular flexibility index (Phi) is 4.65. The molecule has 1 atom stereocenters. The molecule has 4 heteroatoms. The second-order valence-electron chi connectivity index (χ2n) is 7.30. The molecule has 1 aliphatic rings. The summed E-state index contributed by atoms with van der Waals surface area (Å²) in [6, 6.07) is 0.230.